The summed E-state index contributed by atoms with van der Waals surface area (Å²) in [5.74, 6) is 1.58. The third-order valence-corrected chi connectivity index (χ3v) is 3.95. The smallest absolute Gasteiger partial charge is 0.116 e. The van der Waals surface area contributed by atoms with E-state index in [1.165, 1.54) is 36.0 Å². The highest BCUT2D eigenvalue weighted by atomic mass is 16.1. The maximum atomic E-state index is 8.81. The van der Waals surface area contributed by atoms with Gasteiger partial charge in [0.15, 0.2) is 0 Å². The molecule has 1 heterocycles. The molecule has 1 aromatic heterocycles. The van der Waals surface area contributed by atoms with Gasteiger partial charge in [0.05, 0.1) is 0 Å². The Hall–Kier alpha value is -2.59. The number of nitrogens with one attached hydrogen (secondary N) is 2. The van der Waals surface area contributed by atoms with Crippen molar-refractivity contribution in [1.82, 2.24) is 10.3 Å². The van der Waals surface area contributed by atoms with Crippen LogP contribution in [0.5, 0.6) is 0 Å². The molecule has 0 saturated heterocycles. The average Bonchev–Trinajstić information content (AvgIpc) is 3.16. The highest BCUT2D eigenvalue weighted by Gasteiger charge is 2.10. The van der Waals surface area contributed by atoms with E-state index in [-0.39, 0.29) is 0 Å². The molecule has 184 valence electrons. The standard InChI is InChI=1S/C10H21N.C9H9N.C3H6.C2H5N.C2H4O.C2H6/c1-5-6-7-10(8-11-4)9(2)3;1-7-6-10-9-5-3-2-4-8(7)9;1-3-2;2*1-2-3;1-2/h5,9-11H,1,6-8H2,2-4H3;2-6,10H,1H3;3H,1H2,2H3;2H,1,3H2;2H,1H3;1-2H3. The fraction of sp³-hybridized carbons (Fsp3) is 0.464. The Morgan fingerprint density at radius 3 is 1.97 bits per heavy atom. The number of allylic oxidation sites excluding steroid dienone is 2. The number of carbonyl (C=O) groups is 1. The van der Waals surface area contributed by atoms with E-state index in [2.05, 4.69) is 74.7 Å². The average molecular weight is 446 g/mol. The molecule has 0 aliphatic rings. The second-order valence-electron chi connectivity index (χ2n) is 6.82. The van der Waals surface area contributed by atoms with Gasteiger partial charge in [-0.15, -0.1) is 13.2 Å². The summed E-state index contributed by atoms with van der Waals surface area (Å²) in [6, 6.07) is 8.31. The molecular formula is C28H51N3O. The summed E-state index contributed by atoms with van der Waals surface area (Å²) in [5.41, 5.74) is 7.15. The second kappa shape index (κ2) is 30.6. The number of hydrogen-bond acceptors (Lipinski definition) is 3. The van der Waals surface area contributed by atoms with Gasteiger partial charge >= 0.3 is 0 Å². The largest absolute Gasteiger partial charge is 0.405 e. The number of para-hydroxylation sites is 1. The van der Waals surface area contributed by atoms with Gasteiger partial charge in [-0.1, -0.05) is 64.6 Å². The van der Waals surface area contributed by atoms with Gasteiger partial charge < -0.3 is 20.8 Å². The lowest BCUT2D eigenvalue weighted by Crippen LogP contribution is -2.22. The number of hydrogen-bond donors (Lipinski definition) is 3. The molecule has 0 aliphatic heterocycles. The number of aryl methyl sites for hydroxylation is 1. The molecule has 0 spiro atoms. The first-order valence-electron chi connectivity index (χ1n) is 11.4. The molecule has 1 atom stereocenters. The summed E-state index contributed by atoms with van der Waals surface area (Å²) >= 11 is 0. The lowest BCUT2D eigenvalue weighted by atomic mass is 9.91. The van der Waals surface area contributed by atoms with E-state index in [1.807, 2.05) is 46.2 Å². The zero-order chi connectivity index (χ0) is 25.8. The van der Waals surface area contributed by atoms with E-state index in [0.29, 0.717) is 0 Å². The topological polar surface area (TPSA) is 70.9 Å². The minimum Gasteiger partial charge on any atom is -0.405 e. The third-order valence-electron chi connectivity index (χ3n) is 3.95. The number of rotatable bonds is 6. The van der Waals surface area contributed by atoms with Gasteiger partial charge in [-0.2, -0.15) is 0 Å². The van der Waals surface area contributed by atoms with Crippen molar-refractivity contribution in [3.63, 3.8) is 0 Å². The van der Waals surface area contributed by atoms with Crippen molar-refractivity contribution in [3.8, 4) is 0 Å². The number of aldehydes is 1. The molecule has 0 bridgehead atoms. The number of nitrogens with two attached hydrogens (primary N) is 1. The maximum Gasteiger partial charge on any atom is 0.116 e. The van der Waals surface area contributed by atoms with Crippen LogP contribution >= 0.6 is 0 Å². The van der Waals surface area contributed by atoms with Gasteiger partial charge in [0, 0.05) is 17.1 Å². The van der Waals surface area contributed by atoms with E-state index in [9.17, 15) is 0 Å². The summed E-state index contributed by atoms with van der Waals surface area (Å²) in [5, 5.41) is 4.55. The molecule has 0 amide bonds. The van der Waals surface area contributed by atoms with Crippen molar-refractivity contribution in [2.75, 3.05) is 13.6 Å². The Kier molecular flexibility index (Phi) is 35.2. The number of aromatic nitrogens is 1. The Labute approximate surface area is 199 Å². The number of carbonyl (C=O) groups excluding carboxylic acids is 1. The SMILES string of the molecule is C=CC.C=CCCC(CNC)C(C)C.C=CN.CC.CC=O.Cc1c[nH]c2ccccc12. The van der Waals surface area contributed by atoms with Crippen LogP contribution in [-0.4, -0.2) is 24.9 Å². The van der Waals surface area contributed by atoms with Gasteiger partial charge in [-0.25, -0.2) is 0 Å². The van der Waals surface area contributed by atoms with Gasteiger partial charge in [0.2, 0.25) is 0 Å². The van der Waals surface area contributed by atoms with E-state index >= 15 is 0 Å². The molecule has 4 heteroatoms. The highest BCUT2D eigenvalue weighted by molar-refractivity contribution is 5.82. The van der Waals surface area contributed by atoms with Crippen molar-refractivity contribution in [3.05, 3.63) is 74.1 Å². The first-order chi connectivity index (χ1) is 15.3. The van der Waals surface area contributed by atoms with Crippen molar-refractivity contribution in [1.29, 1.82) is 0 Å². The van der Waals surface area contributed by atoms with Crippen molar-refractivity contribution < 1.29 is 4.79 Å². The van der Waals surface area contributed by atoms with Crippen LogP contribution in [0, 0.1) is 18.8 Å². The lowest BCUT2D eigenvalue weighted by Gasteiger charge is -2.19. The second-order valence-corrected chi connectivity index (χ2v) is 6.82. The molecule has 0 aliphatic carbocycles. The van der Waals surface area contributed by atoms with Crippen LogP contribution in [0.3, 0.4) is 0 Å². The van der Waals surface area contributed by atoms with Crippen LogP contribution in [0.1, 0.15) is 59.9 Å². The summed E-state index contributed by atoms with van der Waals surface area (Å²) in [4.78, 5) is 12.0. The zero-order valence-electron chi connectivity index (χ0n) is 22.1. The van der Waals surface area contributed by atoms with E-state index < -0.39 is 0 Å². The van der Waals surface area contributed by atoms with Crippen LogP contribution in [0.2, 0.25) is 0 Å². The molecular weight excluding hydrogens is 394 g/mol. The molecule has 4 nitrogen and oxygen atoms in total. The van der Waals surface area contributed by atoms with Crippen LogP contribution in [0.15, 0.2) is 68.6 Å². The van der Waals surface area contributed by atoms with Gasteiger partial charge in [0.1, 0.15) is 6.29 Å². The summed E-state index contributed by atoms with van der Waals surface area (Å²) < 4.78 is 0. The Morgan fingerprint density at radius 1 is 1.12 bits per heavy atom. The fourth-order valence-corrected chi connectivity index (χ4v) is 2.48. The summed E-state index contributed by atoms with van der Waals surface area (Å²) in [6.07, 6.45) is 10.2. The van der Waals surface area contributed by atoms with Crippen molar-refractivity contribution >= 4 is 17.2 Å². The predicted molar refractivity (Wildman–Crippen MR) is 148 cm³/mol. The van der Waals surface area contributed by atoms with E-state index in [0.717, 1.165) is 31.1 Å². The van der Waals surface area contributed by atoms with Crippen LogP contribution in [0.4, 0.5) is 0 Å². The number of aromatic amines is 1. The first kappa shape index (κ1) is 36.8. The lowest BCUT2D eigenvalue weighted by molar-refractivity contribution is -0.106. The van der Waals surface area contributed by atoms with Gasteiger partial charge in [-0.3, -0.25) is 0 Å². The number of H-pyrrole nitrogens is 1. The van der Waals surface area contributed by atoms with E-state index in [4.69, 9.17) is 4.79 Å². The Morgan fingerprint density at radius 2 is 1.59 bits per heavy atom. The summed E-state index contributed by atoms with van der Waals surface area (Å²) in [7, 11) is 2.02. The van der Waals surface area contributed by atoms with Gasteiger partial charge in [-0.05, 0) is 76.9 Å². The highest BCUT2D eigenvalue weighted by Crippen LogP contribution is 2.16. The van der Waals surface area contributed by atoms with E-state index in [1.54, 1.807) is 6.08 Å². The maximum absolute atomic E-state index is 8.81. The first-order valence-corrected chi connectivity index (χ1v) is 11.4. The zero-order valence-corrected chi connectivity index (χ0v) is 22.1. The number of fused-ring (bicyclic) bond motifs is 1. The molecule has 1 unspecified atom stereocenters. The molecule has 0 saturated carbocycles. The minimum absolute atomic E-state index is 0.750. The summed E-state index contributed by atoms with van der Waals surface area (Å²) in [6.45, 7) is 25.4. The Bertz CT molecular complexity index is 645. The number of benzene rings is 1. The predicted octanol–water partition coefficient (Wildman–Crippen LogP) is 7.43. The molecule has 4 N–H and O–H groups in total. The monoisotopic (exact) mass is 445 g/mol. The van der Waals surface area contributed by atoms with Crippen LogP contribution < -0.4 is 11.1 Å². The van der Waals surface area contributed by atoms with Crippen molar-refractivity contribution in [2.24, 2.45) is 17.6 Å². The molecule has 2 aromatic rings. The molecule has 1 aromatic carbocycles. The van der Waals surface area contributed by atoms with Gasteiger partial charge in [0.25, 0.3) is 0 Å². The van der Waals surface area contributed by atoms with Crippen LogP contribution in [0.25, 0.3) is 10.9 Å². The third kappa shape index (κ3) is 23.7. The Balaban J connectivity index is -0.000000170. The molecule has 2 rings (SSSR count). The minimum atomic E-state index is 0.750. The molecule has 0 fully saturated rings. The molecule has 32 heavy (non-hydrogen) atoms. The fourth-order valence-electron chi connectivity index (χ4n) is 2.48. The van der Waals surface area contributed by atoms with Crippen LogP contribution in [-0.2, 0) is 4.79 Å². The molecule has 0 radical (unpaired) electrons. The quantitative estimate of drug-likeness (QED) is 0.320. The van der Waals surface area contributed by atoms with Crippen molar-refractivity contribution in [2.45, 2.75) is 61.3 Å². The normalized spacial score (nSPS) is 9.28.